The Hall–Kier alpha value is -6.85. The standard InChI is InChI=1S/C46H77FN16O11/c1-26(57-43(71)37(35(64)24-51)62-39(67)29(52)13-4-6-18-48)38(66)56-25-36(65)58-31(15-8-20-50)44(72)63-22-10-17-34(63)42(70)61-33(23-27-11-2-3-12-28(27)47)41(69)59-30(14-5-7-19-49)40(68)60-32(45(73)74)16-9-21-55-46(53)54/h2-3,11-12,16,26,29-31,33-35,37,64H,4-10,13-15,17-25,48-52H2,1H3,(H,56,66)(H,57,71)(H,58,65)(H,59,69)(H,60,68)(H,61,70)(H,62,67)(H,73,74)(H4,53,54,55)/b32-16-/t26?,29-,30-,31+,33?,34-,35-,37-/m0/s1. The molecule has 0 aliphatic carbocycles. The van der Waals surface area contributed by atoms with E-state index in [0.717, 1.165) is 6.07 Å². The van der Waals surface area contributed by atoms with Crippen LogP contribution in [0, 0.1) is 5.82 Å². The number of aliphatic hydroxyl groups excluding tert-OH is 1. The molecule has 0 radical (unpaired) electrons. The van der Waals surface area contributed by atoms with Crippen molar-refractivity contribution in [2.45, 2.75) is 132 Å². The largest absolute Gasteiger partial charge is 0.477 e. The van der Waals surface area contributed by atoms with E-state index in [1.807, 2.05) is 0 Å². The first-order valence-electron chi connectivity index (χ1n) is 24.5. The van der Waals surface area contributed by atoms with E-state index in [9.17, 15) is 53.4 Å². The number of nitrogens with two attached hydrogens (primary N) is 7. The molecular weight excluding hydrogens is 972 g/mol. The molecule has 23 N–H and O–H groups in total. The molecule has 0 aromatic heterocycles. The summed E-state index contributed by atoms with van der Waals surface area (Å²) < 4.78 is 15.1. The fourth-order valence-corrected chi connectivity index (χ4v) is 7.60. The molecule has 1 aliphatic rings. The topological polar surface area (TPSA) is 476 Å². The van der Waals surface area contributed by atoms with Crippen LogP contribution in [0.1, 0.15) is 83.1 Å². The van der Waals surface area contributed by atoms with Crippen LogP contribution < -0.4 is 77.4 Å². The number of aliphatic imine (C=N–C) groups is 1. The Bertz CT molecular complexity index is 2110. The SMILES string of the molecule is CC(NC(=O)[C@@H](NC(=O)[C@@H](N)CCCCN)[C@@H](O)CN)C(=O)NCC(=O)N[C@H](CCCN)C(=O)N1CCC[C@H]1C(=O)NC(Cc1ccccc1F)C(=O)N[C@@H](CCCCN)C(=O)N/C(=C\CCN=C(N)N)C(=O)O. The van der Waals surface area contributed by atoms with Gasteiger partial charge in [0.15, 0.2) is 5.96 Å². The third kappa shape index (κ3) is 22.1. The summed E-state index contributed by atoms with van der Waals surface area (Å²) in [5.74, 6) is -9.14. The average Bonchev–Trinajstić information content (AvgIpc) is 3.87. The lowest BCUT2D eigenvalue weighted by molar-refractivity contribution is -0.142. The zero-order valence-corrected chi connectivity index (χ0v) is 41.8. The quantitative estimate of drug-likeness (QED) is 0.0132. The first-order chi connectivity index (χ1) is 35.2. The summed E-state index contributed by atoms with van der Waals surface area (Å²) in [4.78, 5) is 125. The van der Waals surface area contributed by atoms with E-state index in [1.165, 1.54) is 36.1 Å². The molecular formula is C46H77FN16O11. The maximum atomic E-state index is 15.1. The first-order valence-corrected chi connectivity index (χ1v) is 24.5. The normalized spacial score (nSPS) is 16.2. The number of guanidine groups is 1. The van der Waals surface area contributed by atoms with Crippen molar-refractivity contribution in [3.8, 4) is 0 Å². The molecule has 28 heteroatoms. The van der Waals surface area contributed by atoms with Crippen molar-refractivity contribution in [1.29, 1.82) is 0 Å². The number of aliphatic hydroxyl groups is 1. The van der Waals surface area contributed by atoms with Crippen molar-refractivity contribution in [3.63, 3.8) is 0 Å². The minimum Gasteiger partial charge on any atom is -0.477 e. The van der Waals surface area contributed by atoms with Crippen LogP contribution in [-0.4, -0.2) is 169 Å². The highest BCUT2D eigenvalue weighted by Gasteiger charge is 2.40. The summed E-state index contributed by atoms with van der Waals surface area (Å²) in [6.45, 7) is 0.998. The number of amides is 8. The predicted octanol–water partition coefficient (Wildman–Crippen LogP) is -5.69. The van der Waals surface area contributed by atoms with E-state index in [1.54, 1.807) is 0 Å². The van der Waals surface area contributed by atoms with Crippen LogP contribution in [0.25, 0.3) is 0 Å². The highest BCUT2D eigenvalue weighted by molar-refractivity contribution is 5.99. The van der Waals surface area contributed by atoms with Crippen LogP contribution in [0.15, 0.2) is 41.0 Å². The number of nitrogens with one attached hydrogen (secondary N) is 7. The number of rotatable bonds is 34. The van der Waals surface area contributed by atoms with Crippen LogP contribution >= 0.6 is 0 Å². The number of aliphatic carboxylic acids is 1. The molecule has 8 atom stereocenters. The van der Waals surface area contributed by atoms with Crippen molar-refractivity contribution in [3.05, 3.63) is 47.4 Å². The molecule has 1 fully saturated rings. The summed E-state index contributed by atoms with van der Waals surface area (Å²) in [6.07, 6.45) is 2.12. The van der Waals surface area contributed by atoms with Crippen molar-refractivity contribution in [1.82, 2.24) is 42.1 Å². The Labute approximate surface area is 428 Å². The average molecular weight is 1050 g/mol. The van der Waals surface area contributed by atoms with E-state index in [4.69, 9.17) is 40.1 Å². The number of nitrogens with zero attached hydrogens (tertiary/aromatic N) is 2. The fourth-order valence-electron chi connectivity index (χ4n) is 7.60. The first kappa shape index (κ1) is 63.3. The second kappa shape index (κ2) is 33.8. The van der Waals surface area contributed by atoms with E-state index in [-0.39, 0.29) is 76.2 Å². The number of benzene rings is 1. The van der Waals surface area contributed by atoms with Gasteiger partial charge >= 0.3 is 5.97 Å². The lowest BCUT2D eigenvalue weighted by Gasteiger charge is -2.30. The van der Waals surface area contributed by atoms with Gasteiger partial charge < -0.3 is 92.5 Å². The number of likely N-dealkylation sites (tertiary alicyclic amines) is 1. The van der Waals surface area contributed by atoms with Gasteiger partial charge in [0.2, 0.25) is 47.3 Å². The second-order valence-corrected chi connectivity index (χ2v) is 17.6. The zero-order valence-electron chi connectivity index (χ0n) is 41.8. The number of hydrogen-bond donors (Lipinski definition) is 16. The predicted molar refractivity (Wildman–Crippen MR) is 269 cm³/mol. The van der Waals surface area contributed by atoms with Crippen LogP contribution in [0.4, 0.5) is 4.39 Å². The monoisotopic (exact) mass is 1050 g/mol. The van der Waals surface area contributed by atoms with Crippen molar-refractivity contribution in [2.24, 2.45) is 45.1 Å². The van der Waals surface area contributed by atoms with Gasteiger partial charge in [-0.2, -0.15) is 0 Å². The summed E-state index contributed by atoms with van der Waals surface area (Å²) in [5, 5.41) is 37.3. The molecule has 2 unspecified atom stereocenters. The molecule has 414 valence electrons. The van der Waals surface area contributed by atoms with Crippen molar-refractivity contribution in [2.75, 3.05) is 45.8 Å². The summed E-state index contributed by atoms with van der Waals surface area (Å²) in [5.41, 5.74) is 38.5. The maximum Gasteiger partial charge on any atom is 0.352 e. The number of unbranched alkanes of at least 4 members (excludes halogenated alkanes) is 2. The Kier molecular flexibility index (Phi) is 28.9. The zero-order chi connectivity index (χ0) is 55.3. The molecule has 1 aliphatic heterocycles. The van der Waals surface area contributed by atoms with Crippen molar-refractivity contribution >= 4 is 59.2 Å². The summed E-state index contributed by atoms with van der Waals surface area (Å²) >= 11 is 0. The smallest absolute Gasteiger partial charge is 0.352 e. The Balaban J connectivity index is 2.26. The Morgan fingerprint density at radius 1 is 0.784 bits per heavy atom. The van der Waals surface area contributed by atoms with Gasteiger partial charge in [-0.05, 0) is 102 Å². The number of halogens is 1. The molecule has 1 aromatic rings. The van der Waals surface area contributed by atoms with Crippen molar-refractivity contribution < 1.29 is 57.8 Å². The van der Waals surface area contributed by atoms with Crippen LogP contribution in [0.5, 0.6) is 0 Å². The van der Waals surface area contributed by atoms with Crippen LogP contribution in [-0.2, 0) is 49.6 Å². The van der Waals surface area contributed by atoms with Gasteiger partial charge in [0.1, 0.15) is 47.8 Å². The van der Waals surface area contributed by atoms with Crippen LogP contribution in [0.2, 0.25) is 0 Å². The molecule has 2 rings (SSSR count). The number of hydrogen-bond acceptors (Lipinski definition) is 16. The third-order valence-corrected chi connectivity index (χ3v) is 11.7. The maximum absolute atomic E-state index is 15.1. The summed E-state index contributed by atoms with van der Waals surface area (Å²) in [7, 11) is 0. The van der Waals surface area contributed by atoms with Gasteiger partial charge in [0, 0.05) is 26.1 Å². The minimum atomic E-state index is -1.58. The van der Waals surface area contributed by atoms with Crippen LogP contribution in [0.3, 0.4) is 0 Å². The van der Waals surface area contributed by atoms with E-state index in [0.29, 0.717) is 38.6 Å². The molecule has 1 aromatic carbocycles. The molecule has 0 saturated carbocycles. The lowest BCUT2D eigenvalue weighted by atomic mass is 10.0. The number of carbonyl (C=O) groups is 9. The van der Waals surface area contributed by atoms with E-state index in [2.05, 4.69) is 42.2 Å². The molecule has 1 saturated heterocycles. The molecule has 74 heavy (non-hydrogen) atoms. The minimum absolute atomic E-state index is 0.00952. The number of carboxylic acids is 1. The highest BCUT2D eigenvalue weighted by atomic mass is 19.1. The third-order valence-electron chi connectivity index (χ3n) is 11.7. The van der Waals surface area contributed by atoms with E-state index < -0.39 is 133 Å². The van der Waals surface area contributed by atoms with Gasteiger partial charge in [-0.25, -0.2) is 9.18 Å². The van der Waals surface area contributed by atoms with E-state index >= 15 is 4.39 Å². The van der Waals surface area contributed by atoms with Gasteiger partial charge in [0.05, 0.1) is 18.7 Å². The highest BCUT2D eigenvalue weighted by Crippen LogP contribution is 2.21. The fraction of sp³-hybridized carbons (Fsp3) is 0.609. The number of carboxylic acid groups (broad SMARTS) is 1. The number of carbonyl (C=O) groups excluding carboxylic acids is 8. The van der Waals surface area contributed by atoms with Gasteiger partial charge in [-0.3, -0.25) is 43.3 Å². The van der Waals surface area contributed by atoms with Gasteiger partial charge in [-0.1, -0.05) is 30.7 Å². The Morgan fingerprint density at radius 3 is 2.05 bits per heavy atom. The van der Waals surface area contributed by atoms with Gasteiger partial charge in [0.25, 0.3) is 0 Å². The Morgan fingerprint density at radius 2 is 1.43 bits per heavy atom. The second-order valence-electron chi connectivity index (χ2n) is 17.6. The summed E-state index contributed by atoms with van der Waals surface area (Å²) in [6, 6.07) is -3.75. The lowest BCUT2D eigenvalue weighted by Crippen LogP contribution is -2.60. The van der Waals surface area contributed by atoms with Gasteiger partial charge in [-0.15, -0.1) is 0 Å². The molecule has 27 nitrogen and oxygen atoms in total. The molecule has 0 spiro atoms. The molecule has 8 amide bonds. The molecule has 1 heterocycles. The molecule has 0 bridgehead atoms.